The minimum absolute atomic E-state index is 0.0514. The van der Waals surface area contributed by atoms with E-state index in [0.29, 0.717) is 25.3 Å². The van der Waals surface area contributed by atoms with E-state index in [1.807, 2.05) is 0 Å². The maximum atomic E-state index is 13.6. The normalized spacial score (nSPS) is 24.2. The molecule has 0 spiro atoms. The van der Waals surface area contributed by atoms with Gasteiger partial charge in [-0.15, -0.1) is 0 Å². The van der Waals surface area contributed by atoms with Crippen LogP contribution in [0.1, 0.15) is 24.8 Å². The molecule has 134 valence electrons. The second-order valence-electron chi connectivity index (χ2n) is 6.59. The molecule has 3 rings (SSSR count). The zero-order chi connectivity index (χ0) is 17.2. The summed E-state index contributed by atoms with van der Waals surface area (Å²) in [6.07, 6.45) is 2.74. The number of hydrogen-bond donors (Lipinski definition) is 0. The lowest BCUT2D eigenvalue weighted by molar-refractivity contribution is 0.0262. The molecule has 0 radical (unpaired) electrons. The molecule has 2 saturated heterocycles. The number of rotatable bonds is 4. The maximum Gasteiger partial charge on any atom is 0.243 e. The second kappa shape index (κ2) is 7.47. The average molecular weight is 356 g/mol. The summed E-state index contributed by atoms with van der Waals surface area (Å²) in [6, 6.07) is 3.92. The Balaban J connectivity index is 1.84. The summed E-state index contributed by atoms with van der Waals surface area (Å²) in [5, 5.41) is 0. The minimum Gasteiger partial charge on any atom is -0.379 e. The first-order valence-electron chi connectivity index (χ1n) is 8.56. The fraction of sp³-hybridized carbons (Fsp3) is 0.647. The van der Waals surface area contributed by atoms with Crippen LogP contribution in [0.15, 0.2) is 23.1 Å². The smallest absolute Gasteiger partial charge is 0.243 e. The van der Waals surface area contributed by atoms with E-state index in [1.54, 1.807) is 11.2 Å². The predicted molar refractivity (Wildman–Crippen MR) is 89.9 cm³/mol. The molecule has 5 nitrogen and oxygen atoms in total. The van der Waals surface area contributed by atoms with Gasteiger partial charge in [0.15, 0.2) is 0 Å². The van der Waals surface area contributed by atoms with Crippen molar-refractivity contribution >= 4 is 10.0 Å². The number of hydrogen-bond acceptors (Lipinski definition) is 4. The van der Waals surface area contributed by atoms with Crippen molar-refractivity contribution in [2.24, 2.45) is 0 Å². The first kappa shape index (κ1) is 17.8. The summed E-state index contributed by atoms with van der Waals surface area (Å²) in [5.74, 6) is -0.513. The van der Waals surface area contributed by atoms with Crippen LogP contribution < -0.4 is 0 Å². The molecular weight excluding hydrogens is 331 g/mol. The van der Waals surface area contributed by atoms with E-state index in [-0.39, 0.29) is 10.9 Å². The van der Waals surface area contributed by atoms with Crippen molar-refractivity contribution < 1.29 is 17.5 Å². The number of halogens is 1. The van der Waals surface area contributed by atoms with Crippen molar-refractivity contribution in [3.05, 3.63) is 29.6 Å². The molecule has 1 aromatic carbocycles. The molecule has 0 bridgehead atoms. The zero-order valence-corrected chi connectivity index (χ0v) is 14.9. The Kier molecular flexibility index (Phi) is 5.54. The minimum atomic E-state index is -3.68. The molecule has 0 unspecified atom stereocenters. The first-order chi connectivity index (χ1) is 11.5. The van der Waals surface area contributed by atoms with Crippen LogP contribution in [0.2, 0.25) is 0 Å². The summed E-state index contributed by atoms with van der Waals surface area (Å²) in [7, 11) is -3.68. The Morgan fingerprint density at radius 2 is 1.96 bits per heavy atom. The quantitative estimate of drug-likeness (QED) is 0.828. The summed E-state index contributed by atoms with van der Waals surface area (Å²) >= 11 is 0. The van der Waals surface area contributed by atoms with Crippen LogP contribution in [0.3, 0.4) is 0 Å². The number of piperidine rings is 1. The molecule has 2 aliphatic heterocycles. The van der Waals surface area contributed by atoms with E-state index < -0.39 is 15.8 Å². The Morgan fingerprint density at radius 3 is 2.71 bits per heavy atom. The number of sulfonamides is 1. The van der Waals surface area contributed by atoms with Gasteiger partial charge < -0.3 is 4.74 Å². The van der Waals surface area contributed by atoms with Crippen LogP contribution in [0, 0.1) is 12.7 Å². The average Bonchev–Trinajstić information content (AvgIpc) is 2.58. The summed E-state index contributed by atoms with van der Waals surface area (Å²) in [5.41, 5.74) is 0.590. The second-order valence-corrected chi connectivity index (χ2v) is 8.45. The van der Waals surface area contributed by atoms with Gasteiger partial charge in [-0.05, 0) is 37.5 Å². The van der Waals surface area contributed by atoms with E-state index in [9.17, 15) is 12.8 Å². The Labute approximate surface area is 143 Å². The highest BCUT2D eigenvalue weighted by Gasteiger charge is 2.35. The van der Waals surface area contributed by atoms with E-state index in [1.165, 1.54) is 12.1 Å². The molecule has 1 atom stereocenters. The fourth-order valence-corrected chi connectivity index (χ4v) is 5.46. The van der Waals surface area contributed by atoms with Gasteiger partial charge in [-0.25, -0.2) is 12.8 Å². The van der Waals surface area contributed by atoms with Crippen LogP contribution in [0.4, 0.5) is 4.39 Å². The predicted octanol–water partition coefficient (Wildman–Crippen LogP) is 2.01. The highest BCUT2D eigenvalue weighted by molar-refractivity contribution is 7.89. The number of ether oxygens (including phenoxy) is 1. The largest absolute Gasteiger partial charge is 0.379 e. The molecule has 2 fully saturated rings. The third-order valence-electron chi connectivity index (χ3n) is 4.88. The van der Waals surface area contributed by atoms with E-state index in [2.05, 4.69) is 4.90 Å². The molecule has 0 amide bonds. The van der Waals surface area contributed by atoms with Gasteiger partial charge in [0, 0.05) is 32.2 Å². The summed E-state index contributed by atoms with van der Waals surface area (Å²) in [6.45, 7) is 6.01. The lowest BCUT2D eigenvalue weighted by Gasteiger charge is -2.39. The number of benzene rings is 1. The van der Waals surface area contributed by atoms with Crippen molar-refractivity contribution in [1.82, 2.24) is 9.21 Å². The van der Waals surface area contributed by atoms with Gasteiger partial charge in [0.1, 0.15) is 5.82 Å². The van der Waals surface area contributed by atoms with Crippen molar-refractivity contribution in [1.29, 1.82) is 0 Å². The Hall–Kier alpha value is -1.02. The van der Waals surface area contributed by atoms with Crippen LogP contribution in [-0.4, -0.2) is 63.1 Å². The van der Waals surface area contributed by atoms with Crippen molar-refractivity contribution in [2.45, 2.75) is 37.1 Å². The van der Waals surface area contributed by atoms with Gasteiger partial charge in [-0.3, -0.25) is 4.90 Å². The molecule has 0 aliphatic carbocycles. The van der Waals surface area contributed by atoms with Crippen LogP contribution in [-0.2, 0) is 14.8 Å². The topological polar surface area (TPSA) is 49.9 Å². The van der Waals surface area contributed by atoms with E-state index in [0.717, 1.165) is 45.0 Å². The molecule has 24 heavy (non-hydrogen) atoms. The van der Waals surface area contributed by atoms with Gasteiger partial charge in [-0.1, -0.05) is 12.5 Å². The molecule has 1 aromatic rings. The molecule has 7 heteroatoms. The van der Waals surface area contributed by atoms with Gasteiger partial charge in [0.25, 0.3) is 0 Å². The van der Waals surface area contributed by atoms with Crippen molar-refractivity contribution in [3.63, 3.8) is 0 Å². The molecule has 2 aliphatic rings. The Morgan fingerprint density at radius 1 is 1.21 bits per heavy atom. The van der Waals surface area contributed by atoms with E-state index >= 15 is 0 Å². The van der Waals surface area contributed by atoms with Crippen molar-refractivity contribution in [3.8, 4) is 0 Å². The fourth-order valence-electron chi connectivity index (χ4n) is 3.53. The standard InChI is InChI=1S/C17H25FN2O3S/c1-14-5-6-15(18)12-17(14)24(21,22)20-7-3-2-4-16(20)13-19-8-10-23-11-9-19/h5-6,12,16H,2-4,7-11,13H2,1H3/t16-/m1/s1. The molecule has 0 N–H and O–H groups in total. The highest BCUT2D eigenvalue weighted by atomic mass is 32.2. The SMILES string of the molecule is Cc1ccc(F)cc1S(=O)(=O)N1CCCC[C@@H]1CN1CCOCC1. The third-order valence-corrected chi connectivity index (χ3v) is 6.98. The van der Waals surface area contributed by atoms with Crippen LogP contribution in [0.25, 0.3) is 0 Å². The number of morpholine rings is 1. The molecule has 2 heterocycles. The van der Waals surface area contributed by atoms with Gasteiger partial charge in [-0.2, -0.15) is 4.31 Å². The molecule has 0 aromatic heterocycles. The molecular formula is C17H25FN2O3S. The zero-order valence-electron chi connectivity index (χ0n) is 14.1. The Bertz CT molecular complexity index is 674. The van der Waals surface area contributed by atoms with Gasteiger partial charge in [0.2, 0.25) is 10.0 Å². The monoisotopic (exact) mass is 356 g/mol. The number of aryl methyl sites for hydroxylation is 1. The summed E-state index contributed by atoms with van der Waals surface area (Å²) < 4.78 is 46.8. The number of nitrogens with zero attached hydrogens (tertiary/aromatic N) is 2. The lowest BCUT2D eigenvalue weighted by Crippen LogP contribution is -2.51. The summed E-state index contributed by atoms with van der Waals surface area (Å²) in [4.78, 5) is 2.36. The van der Waals surface area contributed by atoms with Crippen molar-refractivity contribution in [2.75, 3.05) is 39.4 Å². The van der Waals surface area contributed by atoms with Gasteiger partial charge in [0.05, 0.1) is 18.1 Å². The molecule has 0 saturated carbocycles. The van der Waals surface area contributed by atoms with E-state index in [4.69, 9.17) is 4.74 Å². The third kappa shape index (κ3) is 3.79. The van der Waals surface area contributed by atoms with Crippen LogP contribution in [0.5, 0.6) is 0 Å². The first-order valence-corrected chi connectivity index (χ1v) is 10.0. The maximum absolute atomic E-state index is 13.6. The highest BCUT2D eigenvalue weighted by Crippen LogP contribution is 2.28. The van der Waals surface area contributed by atoms with Crippen LogP contribution >= 0.6 is 0 Å². The van der Waals surface area contributed by atoms with Gasteiger partial charge >= 0.3 is 0 Å². The lowest BCUT2D eigenvalue weighted by atomic mass is 10.0.